The van der Waals surface area contributed by atoms with Crippen LogP contribution >= 0.6 is 15.9 Å². The van der Waals surface area contributed by atoms with Crippen molar-refractivity contribution in [3.8, 4) is 0 Å². The van der Waals surface area contributed by atoms with Gasteiger partial charge < -0.3 is 10.2 Å². The Morgan fingerprint density at radius 2 is 2.06 bits per heavy atom. The smallest absolute Gasteiger partial charge is 0.233 e. The molecule has 0 aliphatic heterocycles. The first-order valence-electron chi connectivity index (χ1n) is 5.79. The minimum Gasteiger partial charge on any atom is -0.375 e. The summed E-state index contributed by atoms with van der Waals surface area (Å²) >= 11 is 3.24. The van der Waals surface area contributed by atoms with Crippen LogP contribution in [0.15, 0.2) is 30.3 Å². The molecule has 94 valence electrons. The van der Waals surface area contributed by atoms with Gasteiger partial charge in [0.1, 0.15) is 0 Å². The van der Waals surface area contributed by atoms with E-state index in [1.165, 1.54) is 5.69 Å². The average molecular weight is 299 g/mol. The third-order valence-corrected chi connectivity index (χ3v) is 2.94. The van der Waals surface area contributed by atoms with Gasteiger partial charge in [-0.2, -0.15) is 0 Å². The molecule has 0 aliphatic rings. The molecule has 1 N–H and O–H groups in total. The van der Waals surface area contributed by atoms with Gasteiger partial charge in [-0.1, -0.05) is 34.1 Å². The number of carbonyl (C=O) groups is 1. The van der Waals surface area contributed by atoms with E-state index in [2.05, 4.69) is 45.3 Å². The lowest BCUT2D eigenvalue weighted by molar-refractivity contribution is -0.120. The Bertz CT molecular complexity index is 341. The van der Waals surface area contributed by atoms with Crippen molar-refractivity contribution in [1.82, 2.24) is 5.32 Å². The SMILES string of the molecule is CC(Br)C(=O)NCCCN(C)c1ccccc1. The van der Waals surface area contributed by atoms with E-state index in [0.29, 0.717) is 6.54 Å². The zero-order valence-corrected chi connectivity index (χ0v) is 11.9. The number of anilines is 1. The zero-order valence-electron chi connectivity index (χ0n) is 10.3. The molecule has 0 radical (unpaired) electrons. The van der Waals surface area contributed by atoms with Gasteiger partial charge in [0.15, 0.2) is 0 Å². The predicted octanol–water partition coefficient (Wildman–Crippen LogP) is 2.41. The van der Waals surface area contributed by atoms with Gasteiger partial charge in [-0.3, -0.25) is 4.79 Å². The number of hydrogen-bond donors (Lipinski definition) is 1. The molecular formula is C13H19BrN2O. The van der Waals surface area contributed by atoms with Crippen LogP contribution in [0.5, 0.6) is 0 Å². The van der Waals surface area contributed by atoms with Crippen LogP contribution in [0.25, 0.3) is 0 Å². The third-order valence-electron chi connectivity index (χ3n) is 2.53. The van der Waals surface area contributed by atoms with Gasteiger partial charge in [0.2, 0.25) is 5.91 Å². The molecule has 1 aromatic rings. The summed E-state index contributed by atoms with van der Waals surface area (Å²) in [6.45, 7) is 3.47. The van der Waals surface area contributed by atoms with Gasteiger partial charge in [-0.25, -0.2) is 0 Å². The van der Waals surface area contributed by atoms with Crippen molar-refractivity contribution >= 4 is 27.5 Å². The van der Waals surface area contributed by atoms with Gasteiger partial charge in [0.05, 0.1) is 4.83 Å². The van der Waals surface area contributed by atoms with Crippen molar-refractivity contribution in [1.29, 1.82) is 0 Å². The minimum atomic E-state index is -0.116. The Morgan fingerprint density at radius 1 is 1.41 bits per heavy atom. The largest absolute Gasteiger partial charge is 0.375 e. The fourth-order valence-corrected chi connectivity index (χ4v) is 1.64. The van der Waals surface area contributed by atoms with E-state index in [1.807, 2.05) is 25.1 Å². The Balaban J connectivity index is 2.21. The summed E-state index contributed by atoms with van der Waals surface area (Å²) in [6.07, 6.45) is 0.941. The standard InChI is InChI=1S/C13H19BrN2O/c1-11(14)13(17)15-9-6-10-16(2)12-7-4-3-5-8-12/h3-5,7-8,11H,6,9-10H2,1-2H3,(H,15,17). The highest BCUT2D eigenvalue weighted by atomic mass is 79.9. The molecule has 0 aliphatic carbocycles. The summed E-state index contributed by atoms with van der Waals surface area (Å²) < 4.78 is 0. The molecule has 3 nitrogen and oxygen atoms in total. The maximum absolute atomic E-state index is 11.3. The van der Waals surface area contributed by atoms with Crippen molar-refractivity contribution in [2.45, 2.75) is 18.2 Å². The van der Waals surface area contributed by atoms with Crippen molar-refractivity contribution in [3.63, 3.8) is 0 Å². The number of amides is 1. The quantitative estimate of drug-likeness (QED) is 0.646. The number of nitrogens with zero attached hydrogens (tertiary/aromatic N) is 1. The van der Waals surface area contributed by atoms with Gasteiger partial charge in [-0.15, -0.1) is 0 Å². The number of nitrogens with one attached hydrogen (secondary N) is 1. The molecule has 0 spiro atoms. The van der Waals surface area contributed by atoms with E-state index in [4.69, 9.17) is 0 Å². The van der Waals surface area contributed by atoms with Crippen LogP contribution in [0, 0.1) is 0 Å². The summed E-state index contributed by atoms with van der Waals surface area (Å²) in [5, 5.41) is 2.88. The minimum absolute atomic E-state index is 0.0485. The molecular weight excluding hydrogens is 280 g/mol. The van der Waals surface area contributed by atoms with Crippen LogP contribution in [-0.2, 0) is 4.79 Å². The summed E-state index contributed by atoms with van der Waals surface area (Å²) in [5.74, 6) is 0.0485. The van der Waals surface area contributed by atoms with Crippen LogP contribution in [0.2, 0.25) is 0 Å². The molecule has 0 saturated carbocycles. The molecule has 0 fully saturated rings. The van der Waals surface area contributed by atoms with E-state index >= 15 is 0 Å². The fraction of sp³-hybridized carbons (Fsp3) is 0.462. The summed E-state index contributed by atoms with van der Waals surface area (Å²) in [6, 6.07) is 10.2. The molecule has 17 heavy (non-hydrogen) atoms. The molecule has 0 bridgehead atoms. The normalized spacial score (nSPS) is 11.9. The van der Waals surface area contributed by atoms with Crippen LogP contribution in [0.1, 0.15) is 13.3 Å². The van der Waals surface area contributed by atoms with Crippen LogP contribution < -0.4 is 10.2 Å². The van der Waals surface area contributed by atoms with Crippen molar-refractivity contribution in [3.05, 3.63) is 30.3 Å². The van der Waals surface area contributed by atoms with E-state index in [0.717, 1.165) is 13.0 Å². The van der Waals surface area contributed by atoms with Crippen LogP contribution in [-0.4, -0.2) is 30.9 Å². The summed E-state index contributed by atoms with van der Waals surface area (Å²) in [7, 11) is 2.06. The second-order valence-electron chi connectivity index (χ2n) is 4.02. The van der Waals surface area contributed by atoms with Gasteiger partial charge in [0, 0.05) is 25.8 Å². The third kappa shape index (κ3) is 5.22. The maximum Gasteiger partial charge on any atom is 0.233 e. The Hall–Kier alpha value is -1.03. The lowest BCUT2D eigenvalue weighted by Crippen LogP contribution is -2.32. The molecule has 4 heteroatoms. The first kappa shape index (κ1) is 14.0. The first-order chi connectivity index (χ1) is 8.11. The van der Waals surface area contributed by atoms with Crippen LogP contribution in [0.4, 0.5) is 5.69 Å². The number of alkyl halides is 1. The van der Waals surface area contributed by atoms with Crippen molar-refractivity contribution in [2.75, 3.05) is 25.0 Å². The highest BCUT2D eigenvalue weighted by Crippen LogP contribution is 2.10. The molecule has 0 heterocycles. The molecule has 1 unspecified atom stereocenters. The summed E-state index contributed by atoms with van der Waals surface area (Å²) in [4.78, 5) is 13.4. The number of para-hydroxylation sites is 1. The van der Waals surface area contributed by atoms with Gasteiger partial charge in [-0.05, 0) is 25.5 Å². The Labute approximate surface area is 111 Å². The first-order valence-corrected chi connectivity index (χ1v) is 6.71. The Morgan fingerprint density at radius 3 is 2.65 bits per heavy atom. The molecule has 1 amide bonds. The number of benzene rings is 1. The topological polar surface area (TPSA) is 32.3 Å². The summed E-state index contributed by atoms with van der Waals surface area (Å²) in [5.41, 5.74) is 1.20. The Kier molecular flexibility index (Phi) is 6.05. The monoisotopic (exact) mass is 298 g/mol. The maximum atomic E-state index is 11.3. The van der Waals surface area contributed by atoms with Gasteiger partial charge in [0.25, 0.3) is 0 Å². The molecule has 0 saturated heterocycles. The number of hydrogen-bond acceptors (Lipinski definition) is 2. The molecule has 0 aromatic heterocycles. The van der Waals surface area contributed by atoms with Crippen LogP contribution in [0.3, 0.4) is 0 Å². The second kappa shape index (κ2) is 7.33. The lowest BCUT2D eigenvalue weighted by Gasteiger charge is -2.19. The second-order valence-corrected chi connectivity index (χ2v) is 5.39. The number of halogens is 1. The van der Waals surface area contributed by atoms with E-state index in [9.17, 15) is 4.79 Å². The highest BCUT2D eigenvalue weighted by molar-refractivity contribution is 9.10. The zero-order chi connectivity index (χ0) is 12.7. The van der Waals surface area contributed by atoms with E-state index in [-0.39, 0.29) is 10.7 Å². The van der Waals surface area contributed by atoms with Crippen molar-refractivity contribution in [2.24, 2.45) is 0 Å². The number of carbonyl (C=O) groups excluding carboxylic acids is 1. The average Bonchev–Trinajstić information content (AvgIpc) is 2.35. The van der Waals surface area contributed by atoms with Gasteiger partial charge >= 0.3 is 0 Å². The molecule has 1 aromatic carbocycles. The molecule has 1 atom stereocenters. The number of rotatable bonds is 6. The lowest BCUT2D eigenvalue weighted by atomic mass is 10.3. The fourth-order valence-electron chi connectivity index (χ4n) is 1.48. The van der Waals surface area contributed by atoms with E-state index in [1.54, 1.807) is 0 Å². The van der Waals surface area contributed by atoms with E-state index < -0.39 is 0 Å². The molecule has 1 rings (SSSR count). The highest BCUT2D eigenvalue weighted by Gasteiger charge is 2.07. The van der Waals surface area contributed by atoms with Crippen molar-refractivity contribution < 1.29 is 4.79 Å². The predicted molar refractivity (Wildman–Crippen MR) is 75.7 cm³/mol.